The summed E-state index contributed by atoms with van der Waals surface area (Å²) in [4.78, 5) is 23.2. The third-order valence-corrected chi connectivity index (χ3v) is 2.54. The van der Waals surface area contributed by atoms with Crippen LogP contribution in [-0.4, -0.2) is 34.5 Å². The van der Waals surface area contributed by atoms with Gasteiger partial charge in [0.05, 0.1) is 0 Å². The third-order valence-electron chi connectivity index (χ3n) is 2.54. The quantitative estimate of drug-likeness (QED) is 0.616. The van der Waals surface area contributed by atoms with E-state index in [1.807, 2.05) is 6.92 Å². The summed E-state index contributed by atoms with van der Waals surface area (Å²) in [5, 5.41) is 8.56. The van der Waals surface area contributed by atoms with Crippen molar-refractivity contribution in [3.8, 4) is 0 Å². The lowest BCUT2D eigenvalue weighted by Crippen LogP contribution is -2.46. The fourth-order valence-corrected chi connectivity index (χ4v) is 1.82. The van der Waals surface area contributed by atoms with Crippen LogP contribution in [0.2, 0.25) is 0 Å². The summed E-state index contributed by atoms with van der Waals surface area (Å²) in [6.45, 7) is 2.59. The average Bonchev–Trinajstić information content (AvgIpc) is 2.16. The summed E-state index contributed by atoms with van der Waals surface area (Å²) < 4.78 is 0. The lowest BCUT2D eigenvalue weighted by atomic mass is 10.00. The predicted molar refractivity (Wildman–Crippen MR) is 47.3 cm³/mol. The number of hydrogen-bond acceptors (Lipinski definition) is 2. The highest BCUT2D eigenvalue weighted by molar-refractivity contribution is 6.31. The van der Waals surface area contributed by atoms with Gasteiger partial charge in [-0.1, -0.05) is 6.92 Å². The van der Waals surface area contributed by atoms with E-state index in [4.69, 9.17) is 5.11 Å². The van der Waals surface area contributed by atoms with Crippen molar-refractivity contribution in [1.82, 2.24) is 4.90 Å². The summed E-state index contributed by atoms with van der Waals surface area (Å²) in [5.74, 6) is -2.08. The van der Waals surface area contributed by atoms with E-state index in [-0.39, 0.29) is 6.04 Å². The number of aliphatic carboxylic acids is 1. The van der Waals surface area contributed by atoms with Crippen LogP contribution in [0.4, 0.5) is 0 Å². The molecule has 4 heteroatoms. The molecule has 1 amide bonds. The van der Waals surface area contributed by atoms with Gasteiger partial charge in [0.2, 0.25) is 0 Å². The molecule has 1 fully saturated rings. The molecule has 0 aromatic heterocycles. The Morgan fingerprint density at radius 3 is 2.69 bits per heavy atom. The maximum atomic E-state index is 11.2. The average molecular weight is 185 g/mol. The Morgan fingerprint density at radius 2 is 2.15 bits per heavy atom. The van der Waals surface area contributed by atoms with E-state index >= 15 is 0 Å². The largest absolute Gasteiger partial charge is 0.474 e. The van der Waals surface area contributed by atoms with Gasteiger partial charge in [0.25, 0.3) is 0 Å². The Bertz CT molecular complexity index is 215. The third kappa shape index (κ3) is 2.20. The number of carbonyl (C=O) groups excluding carboxylic acids is 1. The minimum atomic E-state index is -1.33. The lowest BCUT2D eigenvalue weighted by molar-refractivity contribution is -0.158. The standard InChI is InChI=1S/C9H15NO3/c1-2-7-5-3-4-6-10(7)8(11)9(12)13/h7H,2-6H2,1H3,(H,12,13)/t7-/m1/s1. The van der Waals surface area contributed by atoms with Crippen LogP contribution >= 0.6 is 0 Å². The number of rotatable bonds is 1. The maximum absolute atomic E-state index is 11.2. The molecule has 1 atom stereocenters. The van der Waals surface area contributed by atoms with Gasteiger partial charge in [-0.15, -0.1) is 0 Å². The molecular formula is C9H15NO3. The maximum Gasteiger partial charge on any atom is 0.394 e. The number of carbonyl (C=O) groups is 2. The van der Waals surface area contributed by atoms with Gasteiger partial charge in [0, 0.05) is 12.6 Å². The predicted octanol–water partition coefficient (Wildman–Crippen LogP) is 0.862. The smallest absolute Gasteiger partial charge is 0.394 e. The molecule has 0 aliphatic carbocycles. The Hall–Kier alpha value is -1.06. The van der Waals surface area contributed by atoms with Crippen molar-refractivity contribution in [3.05, 3.63) is 0 Å². The van der Waals surface area contributed by atoms with Crippen molar-refractivity contribution < 1.29 is 14.7 Å². The van der Waals surface area contributed by atoms with Crippen molar-refractivity contribution >= 4 is 11.9 Å². The fraction of sp³-hybridized carbons (Fsp3) is 0.778. The monoisotopic (exact) mass is 185 g/mol. The molecule has 1 aliphatic heterocycles. The molecular weight excluding hydrogens is 170 g/mol. The second-order valence-electron chi connectivity index (χ2n) is 3.36. The van der Waals surface area contributed by atoms with Crippen molar-refractivity contribution in [2.24, 2.45) is 0 Å². The molecule has 1 N–H and O–H groups in total. The van der Waals surface area contributed by atoms with E-state index in [1.54, 1.807) is 0 Å². The van der Waals surface area contributed by atoms with Gasteiger partial charge in [-0.05, 0) is 25.7 Å². The summed E-state index contributed by atoms with van der Waals surface area (Å²) in [5.41, 5.74) is 0. The second kappa shape index (κ2) is 4.25. The molecule has 1 saturated heterocycles. The molecule has 0 aromatic carbocycles. The van der Waals surface area contributed by atoms with Crippen LogP contribution in [0.5, 0.6) is 0 Å². The Labute approximate surface area is 77.5 Å². The fourth-order valence-electron chi connectivity index (χ4n) is 1.82. The van der Waals surface area contributed by atoms with Gasteiger partial charge in [-0.3, -0.25) is 4.79 Å². The molecule has 0 bridgehead atoms. The Morgan fingerprint density at radius 1 is 1.46 bits per heavy atom. The number of nitrogens with zero attached hydrogens (tertiary/aromatic N) is 1. The number of hydrogen-bond donors (Lipinski definition) is 1. The molecule has 74 valence electrons. The lowest BCUT2D eigenvalue weighted by Gasteiger charge is -2.33. The second-order valence-corrected chi connectivity index (χ2v) is 3.36. The number of carboxylic acid groups (broad SMARTS) is 1. The number of carboxylic acids is 1. The first-order valence-corrected chi connectivity index (χ1v) is 4.70. The Kier molecular flexibility index (Phi) is 3.28. The van der Waals surface area contributed by atoms with Crippen LogP contribution < -0.4 is 0 Å². The summed E-state index contributed by atoms with van der Waals surface area (Å²) >= 11 is 0. The van der Waals surface area contributed by atoms with Crippen LogP contribution in [0.15, 0.2) is 0 Å². The van der Waals surface area contributed by atoms with Crippen LogP contribution in [0.25, 0.3) is 0 Å². The minimum absolute atomic E-state index is 0.136. The first kappa shape index (κ1) is 10.0. The van der Waals surface area contributed by atoms with E-state index in [0.29, 0.717) is 6.54 Å². The first-order chi connectivity index (χ1) is 6.16. The highest BCUT2D eigenvalue weighted by Crippen LogP contribution is 2.19. The molecule has 1 aliphatic rings. The molecule has 4 nitrogen and oxygen atoms in total. The van der Waals surface area contributed by atoms with Gasteiger partial charge in [-0.25, -0.2) is 4.79 Å². The first-order valence-electron chi connectivity index (χ1n) is 4.70. The highest BCUT2D eigenvalue weighted by atomic mass is 16.4. The topological polar surface area (TPSA) is 57.6 Å². The zero-order chi connectivity index (χ0) is 9.84. The number of amides is 1. The van der Waals surface area contributed by atoms with Crippen molar-refractivity contribution in [2.75, 3.05) is 6.54 Å². The van der Waals surface area contributed by atoms with E-state index in [2.05, 4.69) is 0 Å². The van der Waals surface area contributed by atoms with E-state index in [9.17, 15) is 9.59 Å². The SMILES string of the molecule is CC[C@@H]1CCCCN1C(=O)C(=O)O. The van der Waals surface area contributed by atoms with Crippen LogP contribution in [-0.2, 0) is 9.59 Å². The van der Waals surface area contributed by atoms with E-state index in [0.717, 1.165) is 25.7 Å². The molecule has 0 unspecified atom stereocenters. The van der Waals surface area contributed by atoms with Gasteiger partial charge >= 0.3 is 11.9 Å². The highest BCUT2D eigenvalue weighted by Gasteiger charge is 2.28. The number of likely N-dealkylation sites (tertiary alicyclic amines) is 1. The molecule has 13 heavy (non-hydrogen) atoms. The zero-order valence-electron chi connectivity index (χ0n) is 7.82. The van der Waals surface area contributed by atoms with Crippen LogP contribution in [0.3, 0.4) is 0 Å². The molecule has 1 heterocycles. The molecule has 1 rings (SSSR count). The normalized spacial score (nSPS) is 22.8. The van der Waals surface area contributed by atoms with Crippen molar-refractivity contribution in [1.29, 1.82) is 0 Å². The molecule has 0 saturated carbocycles. The van der Waals surface area contributed by atoms with Gasteiger partial charge < -0.3 is 10.0 Å². The summed E-state index contributed by atoms with van der Waals surface area (Å²) in [6.07, 6.45) is 3.81. The van der Waals surface area contributed by atoms with Crippen LogP contribution in [0, 0.1) is 0 Å². The Balaban J connectivity index is 2.64. The van der Waals surface area contributed by atoms with E-state index in [1.165, 1.54) is 4.90 Å². The molecule has 0 aromatic rings. The van der Waals surface area contributed by atoms with Gasteiger partial charge in [0.15, 0.2) is 0 Å². The zero-order valence-corrected chi connectivity index (χ0v) is 7.82. The number of piperidine rings is 1. The summed E-state index contributed by atoms with van der Waals surface area (Å²) in [7, 11) is 0. The van der Waals surface area contributed by atoms with Crippen molar-refractivity contribution in [2.45, 2.75) is 38.6 Å². The van der Waals surface area contributed by atoms with Crippen LogP contribution in [0.1, 0.15) is 32.6 Å². The van der Waals surface area contributed by atoms with Gasteiger partial charge in [-0.2, -0.15) is 0 Å². The van der Waals surface area contributed by atoms with Crippen molar-refractivity contribution in [3.63, 3.8) is 0 Å². The van der Waals surface area contributed by atoms with E-state index < -0.39 is 11.9 Å². The molecule has 0 radical (unpaired) electrons. The molecule has 0 spiro atoms. The minimum Gasteiger partial charge on any atom is -0.474 e. The summed E-state index contributed by atoms with van der Waals surface area (Å²) in [6, 6.07) is 0.136. The van der Waals surface area contributed by atoms with Gasteiger partial charge in [0.1, 0.15) is 0 Å².